The number of nitrogens with zero attached hydrogens (tertiary/aromatic N) is 2. The summed E-state index contributed by atoms with van der Waals surface area (Å²) < 4.78 is 11.2. The first-order valence-corrected chi connectivity index (χ1v) is 10.2. The highest BCUT2D eigenvalue weighted by molar-refractivity contribution is 5.82. The van der Waals surface area contributed by atoms with Crippen LogP contribution < -0.4 is 0 Å². The van der Waals surface area contributed by atoms with Crippen LogP contribution in [-0.4, -0.2) is 47.1 Å². The van der Waals surface area contributed by atoms with Crippen molar-refractivity contribution in [3.8, 4) is 0 Å². The number of ketones is 1. The molecule has 29 heavy (non-hydrogen) atoms. The molecule has 2 aliphatic heterocycles. The summed E-state index contributed by atoms with van der Waals surface area (Å²) in [6, 6.07) is 15.2. The van der Waals surface area contributed by atoms with Crippen molar-refractivity contribution in [1.29, 1.82) is 0 Å². The molecule has 3 heterocycles. The van der Waals surface area contributed by atoms with E-state index in [0.717, 1.165) is 11.3 Å². The van der Waals surface area contributed by atoms with Crippen LogP contribution in [0.2, 0.25) is 0 Å². The Hall–Kier alpha value is -2.73. The predicted octanol–water partition coefficient (Wildman–Crippen LogP) is 3.40. The van der Waals surface area contributed by atoms with Crippen molar-refractivity contribution in [2.75, 3.05) is 13.2 Å². The Morgan fingerprint density at radius 1 is 1.03 bits per heavy atom. The molecule has 1 amide bonds. The van der Waals surface area contributed by atoms with Gasteiger partial charge in [0.25, 0.3) is 0 Å². The molecule has 2 fully saturated rings. The first-order chi connectivity index (χ1) is 14.2. The van der Waals surface area contributed by atoms with Crippen LogP contribution in [0.5, 0.6) is 0 Å². The van der Waals surface area contributed by atoms with E-state index in [-0.39, 0.29) is 36.5 Å². The first-order valence-electron chi connectivity index (χ1n) is 10.2. The van der Waals surface area contributed by atoms with Crippen molar-refractivity contribution >= 4 is 11.9 Å². The summed E-state index contributed by atoms with van der Waals surface area (Å²) >= 11 is 0. The molecular weight excluding hydrogens is 368 g/mol. The van der Waals surface area contributed by atoms with Crippen LogP contribution in [0.15, 0.2) is 54.7 Å². The molecule has 2 atom stereocenters. The third kappa shape index (κ3) is 4.82. The van der Waals surface area contributed by atoms with E-state index in [4.69, 9.17) is 9.47 Å². The molecule has 152 valence electrons. The minimum absolute atomic E-state index is 0.0317. The van der Waals surface area contributed by atoms with Crippen LogP contribution in [0, 0.1) is 5.92 Å². The van der Waals surface area contributed by atoms with Crippen molar-refractivity contribution in [3.63, 3.8) is 0 Å². The fourth-order valence-electron chi connectivity index (χ4n) is 4.27. The number of morpholine rings is 1. The fourth-order valence-corrected chi connectivity index (χ4v) is 4.27. The number of carbonyl (C=O) groups is 2. The zero-order valence-corrected chi connectivity index (χ0v) is 16.4. The summed E-state index contributed by atoms with van der Waals surface area (Å²) in [5.41, 5.74) is 1.90. The van der Waals surface area contributed by atoms with Crippen LogP contribution in [0.25, 0.3) is 0 Å². The lowest BCUT2D eigenvalue weighted by Crippen LogP contribution is -2.59. The van der Waals surface area contributed by atoms with Gasteiger partial charge in [0, 0.05) is 24.2 Å². The quantitative estimate of drug-likeness (QED) is 0.751. The van der Waals surface area contributed by atoms with Gasteiger partial charge in [0.15, 0.2) is 0 Å². The van der Waals surface area contributed by atoms with E-state index in [1.165, 1.54) is 0 Å². The molecule has 0 radical (unpaired) electrons. The Bertz CT molecular complexity index is 813. The van der Waals surface area contributed by atoms with Gasteiger partial charge in [-0.1, -0.05) is 36.4 Å². The number of Topliss-reactive ketones (excluding diaryl/α,β-unsaturated/α-hetero) is 1. The summed E-state index contributed by atoms with van der Waals surface area (Å²) in [5.74, 6) is 0.223. The topological polar surface area (TPSA) is 68.7 Å². The van der Waals surface area contributed by atoms with E-state index in [1.807, 2.05) is 48.5 Å². The van der Waals surface area contributed by atoms with Crippen LogP contribution in [-0.2, 0) is 27.3 Å². The number of benzene rings is 1. The molecule has 1 aromatic heterocycles. The van der Waals surface area contributed by atoms with Crippen LogP contribution in [0.4, 0.5) is 4.79 Å². The molecule has 4 rings (SSSR count). The lowest BCUT2D eigenvalue weighted by molar-refractivity contribution is -0.131. The zero-order chi connectivity index (χ0) is 20.1. The summed E-state index contributed by atoms with van der Waals surface area (Å²) in [7, 11) is 0. The van der Waals surface area contributed by atoms with Crippen molar-refractivity contribution in [2.24, 2.45) is 5.92 Å². The number of amides is 1. The average Bonchev–Trinajstić information content (AvgIpc) is 2.76. The first kappa shape index (κ1) is 19.6. The maximum Gasteiger partial charge on any atom is 0.410 e. The molecule has 0 N–H and O–H groups in total. The molecule has 6 nitrogen and oxygen atoms in total. The average molecular weight is 394 g/mol. The zero-order valence-electron chi connectivity index (χ0n) is 16.4. The molecule has 0 saturated carbocycles. The van der Waals surface area contributed by atoms with Gasteiger partial charge in [-0.05, 0) is 37.0 Å². The van der Waals surface area contributed by atoms with Gasteiger partial charge in [-0.2, -0.15) is 0 Å². The lowest BCUT2D eigenvalue weighted by Gasteiger charge is -2.47. The Kier molecular flexibility index (Phi) is 6.20. The Morgan fingerprint density at radius 3 is 2.45 bits per heavy atom. The highest BCUT2D eigenvalue weighted by Crippen LogP contribution is 2.33. The number of piperidine rings is 1. The summed E-state index contributed by atoms with van der Waals surface area (Å²) in [6.45, 7) is 1.17. The Morgan fingerprint density at radius 2 is 1.76 bits per heavy atom. The maximum absolute atomic E-state index is 12.8. The Balaban J connectivity index is 1.33. The van der Waals surface area contributed by atoms with E-state index in [1.54, 1.807) is 11.1 Å². The molecule has 2 saturated heterocycles. The van der Waals surface area contributed by atoms with Gasteiger partial charge < -0.3 is 9.47 Å². The molecule has 0 spiro atoms. The molecular formula is C23H26N2O4. The van der Waals surface area contributed by atoms with Gasteiger partial charge in [-0.25, -0.2) is 4.79 Å². The van der Waals surface area contributed by atoms with Gasteiger partial charge in [-0.15, -0.1) is 0 Å². The lowest BCUT2D eigenvalue weighted by atomic mass is 9.81. The smallest absolute Gasteiger partial charge is 0.410 e. The summed E-state index contributed by atoms with van der Waals surface area (Å²) in [4.78, 5) is 31.6. The highest BCUT2D eigenvalue weighted by Gasteiger charge is 2.44. The van der Waals surface area contributed by atoms with Gasteiger partial charge in [0.1, 0.15) is 12.4 Å². The number of carbonyl (C=O) groups excluding carboxylic acids is 2. The second-order valence-electron chi connectivity index (χ2n) is 7.75. The monoisotopic (exact) mass is 394 g/mol. The molecule has 2 aliphatic rings. The minimum Gasteiger partial charge on any atom is -0.445 e. The number of aromatic nitrogens is 1. The van der Waals surface area contributed by atoms with Gasteiger partial charge in [0.05, 0.1) is 25.3 Å². The SMILES string of the molecule is O=C(CCc1ccccn1)C1CC2COCC(C1)N2C(=O)OCc1ccccc1. The highest BCUT2D eigenvalue weighted by atomic mass is 16.6. The summed E-state index contributed by atoms with van der Waals surface area (Å²) in [5, 5.41) is 0. The molecule has 2 bridgehead atoms. The maximum atomic E-state index is 12.8. The molecule has 0 aliphatic carbocycles. The standard InChI is InChI=1S/C23H26N2O4/c26-22(10-9-19-8-4-5-11-24-19)18-12-20-15-28-16-21(13-18)25(20)23(27)29-14-17-6-2-1-3-7-17/h1-8,11,18,20-21H,9-10,12-16H2. The predicted molar refractivity (Wildman–Crippen MR) is 107 cm³/mol. The Labute approximate surface area is 170 Å². The number of pyridine rings is 1. The van der Waals surface area contributed by atoms with E-state index < -0.39 is 0 Å². The second-order valence-corrected chi connectivity index (χ2v) is 7.75. The van der Waals surface area contributed by atoms with E-state index in [9.17, 15) is 9.59 Å². The van der Waals surface area contributed by atoms with Crippen LogP contribution in [0.3, 0.4) is 0 Å². The normalized spacial score (nSPS) is 23.4. The van der Waals surface area contributed by atoms with Crippen molar-refractivity contribution in [1.82, 2.24) is 9.88 Å². The van der Waals surface area contributed by atoms with E-state index >= 15 is 0 Å². The third-order valence-corrected chi connectivity index (χ3v) is 5.75. The molecule has 6 heteroatoms. The van der Waals surface area contributed by atoms with Crippen molar-refractivity contribution < 1.29 is 19.1 Å². The van der Waals surface area contributed by atoms with Crippen molar-refractivity contribution in [3.05, 3.63) is 66.0 Å². The number of fused-ring (bicyclic) bond motifs is 2. The van der Waals surface area contributed by atoms with Crippen molar-refractivity contribution in [2.45, 2.75) is 44.4 Å². The van der Waals surface area contributed by atoms with Gasteiger partial charge in [0.2, 0.25) is 0 Å². The second kappa shape index (κ2) is 9.18. The molecule has 2 unspecified atom stereocenters. The van der Waals surface area contributed by atoms with E-state index in [2.05, 4.69) is 4.98 Å². The van der Waals surface area contributed by atoms with Crippen LogP contribution in [0.1, 0.15) is 30.5 Å². The number of hydrogen-bond acceptors (Lipinski definition) is 5. The molecule has 2 aromatic rings. The number of aryl methyl sites for hydroxylation is 1. The summed E-state index contributed by atoms with van der Waals surface area (Å²) in [6.07, 6.45) is 3.86. The van der Waals surface area contributed by atoms with Crippen LogP contribution >= 0.6 is 0 Å². The van der Waals surface area contributed by atoms with Gasteiger partial charge in [-0.3, -0.25) is 14.7 Å². The minimum atomic E-state index is -0.313. The van der Waals surface area contributed by atoms with Gasteiger partial charge >= 0.3 is 6.09 Å². The largest absolute Gasteiger partial charge is 0.445 e. The number of rotatable bonds is 6. The molecule has 1 aromatic carbocycles. The number of ether oxygens (including phenoxy) is 2. The number of hydrogen-bond donors (Lipinski definition) is 0. The van der Waals surface area contributed by atoms with E-state index in [0.29, 0.717) is 38.9 Å². The fraction of sp³-hybridized carbons (Fsp3) is 0.435. The third-order valence-electron chi connectivity index (χ3n) is 5.75.